The number of nitrogens with one attached hydrogen (secondary N) is 2. The van der Waals surface area contributed by atoms with E-state index in [1.54, 1.807) is 0 Å². The molecule has 1 rings (SSSR count). The fourth-order valence-corrected chi connectivity index (χ4v) is 1.57. The first kappa shape index (κ1) is 12.6. The molecule has 0 aliphatic heterocycles. The topological polar surface area (TPSA) is 41.1 Å². The molecule has 1 aromatic rings. The molecule has 0 saturated heterocycles. The first-order valence-corrected chi connectivity index (χ1v) is 5.80. The standard InChI is InChI=1S/C13H20N2O/c1-3-14-13(16)15-10-9-11(2)12-7-5-4-6-8-12/h4-8,11H,3,9-10H2,1-2H3,(H2,14,15,16). The zero-order valence-corrected chi connectivity index (χ0v) is 9.99. The predicted octanol–water partition coefficient (Wildman–Crippen LogP) is 2.50. The van der Waals surface area contributed by atoms with Crippen LogP contribution in [0.15, 0.2) is 30.3 Å². The Bertz CT molecular complexity index is 311. The number of carbonyl (C=O) groups is 1. The quantitative estimate of drug-likeness (QED) is 0.786. The zero-order valence-electron chi connectivity index (χ0n) is 9.99. The Kier molecular flexibility index (Phi) is 5.40. The Hall–Kier alpha value is -1.51. The summed E-state index contributed by atoms with van der Waals surface area (Å²) in [5.74, 6) is 0.475. The van der Waals surface area contributed by atoms with Gasteiger partial charge in [-0.25, -0.2) is 4.79 Å². The Labute approximate surface area is 97.2 Å². The van der Waals surface area contributed by atoms with Crippen LogP contribution < -0.4 is 10.6 Å². The van der Waals surface area contributed by atoms with Gasteiger partial charge in [0.2, 0.25) is 0 Å². The molecule has 0 aliphatic rings. The Morgan fingerprint density at radius 1 is 1.25 bits per heavy atom. The molecule has 0 fully saturated rings. The molecule has 16 heavy (non-hydrogen) atoms. The van der Waals surface area contributed by atoms with Gasteiger partial charge in [-0.1, -0.05) is 37.3 Å². The van der Waals surface area contributed by atoms with Crippen LogP contribution >= 0.6 is 0 Å². The van der Waals surface area contributed by atoms with Gasteiger partial charge < -0.3 is 10.6 Å². The first-order chi connectivity index (χ1) is 7.74. The molecule has 1 aromatic carbocycles. The van der Waals surface area contributed by atoms with Crippen molar-refractivity contribution in [3.8, 4) is 0 Å². The van der Waals surface area contributed by atoms with Crippen LogP contribution in [0, 0.1) is 0 Å². The van der Waals surface area contributed by atoms with Crippen molar-refractivity contribution < 1.29 is 4.79 Å². The van der Waals surface area contributed by atoms with E-state index in [2.05, 4.69) is 29.7 Å². The SMILES string of the molecule is CCNC(=O)NCCC(C)c1ccccc1. The van der Waals surface area contributed by atoms with Crippen molar-refractivity contribution in [1.29, 1.82) is 0 Å². The molecule has 0 aliphatic carbocycles. The number of urea groups is 1. The molecule has 2 amide bonds. The lowest BCUT2D eigenvalue weighted by molar-refractivity contribution is 0.241. The minimum absolute atomic E-state index is 0.0808. The molecule has 0 aromatic heterocycles. The minimum atomic E-state index is -0.0808. The molecule has 0 spiro atoms. The average Bonchev–Trinajstić information content (AvgIpc) is 2.30. The molecule has 1 atom stereocenters. The second-order valence-electron chi connectivity index (χ2n) is 3.89. The lowest BCUT2D eigenvalue weighted by Crippen LogP contribution is -2.36. The Morgan fingerprint density at radius 3 is 2.56 bits per heavy atom. The fourth-order valence-electron chi connectivity index (χ4n) is 1.57. The van der Waals surface area contributed by atoms with Gasteiger partial charge in [0, 0.05) is 13.1 Å². The van der Waals surface area contributed by atoms with Crippen molar-refractivity contribution in [3.05, 3.63) is 35.9 Å². The van der Waals surface area contributed by atoms with Crippen molar-refractivity contribution in [1.82, 2.24) is 10.6 Å². The Morgan fingerprint density at radius 2 is 1.94 bits per heavy atom. The van der Waals surface area contributed by atoms with Gasteiger partial charge in [0.05, 0.1) is 0 Å². The van der Waals surface area contributed by atoms with E-state index in [0.717, 1.165) is 6.42 Å². The maximum atomic E-state index is 11.1. The van der Waals surface area contributed by atoms with Gasteiger partial charge in [-0.3, -0.25) is 0 Å². The second-order valence-corrected chi connectivity index (χ2v) is 3.89. The van der Waals surface area contributed by atoms with Gasteiger partial charge in [-0.05, 0) is 24.8 Å². The average molecular weight is 220 g/mol. The molecule has 1 unspecified atom stereocenters. The van der Waals surface area contributed by atoms with E-state index in [1.807, 2.05) is 25.1 Å². The third kappa shape index (κ3) is 4.34. The van der Waals surface area contributed by atoms with Gasteiger partial charge in [-0.2, -0.15) is 0 Å². The highest BCUT2D eigenvalue weighted by atomic mass is 16.2. The number of benzene rings is 1. The smallest absolute Gasteiger partial charge is 0.314 e. The van der Waals surface area contributed by atoms with Crippen molar-refractivity contribution in [2.75, 3.05) is 13.1 Å². The number of hydrogen-bond acceptors (Lipinski definition) is 1. The summed E-state index contributed by atoms with van der Waals surface area (Å²) >= 11 is 0. The summed E-state index contributed by atoms with van der Waals surface area (Å²) in [6, 6.07) is 10.3. The highest BCUT2D eigenvalue weighted by Gasteiger charge is 2.05. The molecule has 3 nitrogen and oxygen atoms in total. The molecule has 0 heterocycles. The highest BCUT2D eigenvalue weighted by Crippen LogP contribution is 2.17. The van der Waals surface area contributed by atoms with E-state index < -0.39 is 0 Å². The van der Waals surface area contributed by atoms with Gasteiger partial charge in [0.15, 0.2) is 0 Å². The van der Waals surface area contributed by atoms with Crippen molar-refractivity contribution >= 4 is 6.03 Å². The number of hydrogen-bond donors (Lipinski definition) is 2. The van der Waals surface area contributed by atoms with E-state index in [9.17, 15) is 4.79 Å². The lowest BCUT2D eigenvalue weighted by atomic mass is 9.98. The van der Waals surface area contributed by atoms with Gasteiger partial charge in [-0.15, -0.1) is 0 Å². The molecule has 0 radical (unpaired) electrons. The highest BCUT2D eigenvalue weighted by molar-refractivity contribution is 5.73. The zero-order chi connectivity index (χ0) is 11.8. The normalized spacial score (nSPS) is 11.9. The van der Waals surface area contributed by atoms with Crippen LogP contribution in [-0.4, -0.2) is 19.1 Å². The molecule has 0 saturated carbocycles. The summed E-state index contributed by atoms with van der Waals surface area (Å²) in [7, 11) is 0. The van der Waals surface area contributed by atoms with Crippen LogP contribution in [-0.2, 0) is 0 Å². The van der Waals surface area contributed by atoms with Crippen LogP contribution in [0.1, 0.15) is 31.7 Å². The summed E-state index contributed by atoms with van der Waals surface area (Å²) < 4.78 is 0. The molecular weight excluding hydrogens is 200 g/mol. The molecule has 0 bridgehead atoms. The van der Waals surface area contributed by atoms with E-state index in [4.69, 9.17) is 0 Å². The van der Waals surface area contributed by atoms with Crippen molar-refractivity contribution in [3.63, 3.8) is 0 Å². The number of carbonyl (C=O) groups excluding carboxylic acids is 1. The monoisotopic (exact) mass is 220 g/mol. The summed E-state index contributed by atoms with van der Waals surface area (Å²) in [5.41, 5.74) is 1.32. The largest absolute Gasteiger partial charge is 0.338 e. The van der Waals surface area contributed by atoms with Crippen molar-refractivity contribution in [2.24, 2.45) is 0 Å². The van der Waals surface area contributed by atoms with Crippen molar-refractivity contribution in [2.45, 2.75) is 26.2 Å². The number of rotatable bonds is 5. The van der Waals surface area contributed by atoms with E-state index >= 15 is 0 Å². The van der Waals surface area contributed by atoms with Crippen LogP contribution in [0.3, 0.4) is 0 Å². The van der Waals surface area contributed by atoms with E-state index in [0.29, 0.717) is 19.0 Å². The molecule has 3 heteroatoms. The van der Waals surface area contributed by atoms with Gasteiger partial charge in [0.25, 0.3) is 0 Å². The minimum Gasteiger partial charge on any atom is -0.338 e. The Balaban J connectivity index is 2.26. The predicted molar refractivity (Wildman–Crippen MR) is 66.5 cm³/mol. The molecule has 88 valence electrons. The van der Waals surface area contributed by atoms with Gasteiger partial charge >= 0.3 is 6.03 Å². The summed E-state index contributed by atoms with van der Waals surface area (Å²) in [5, 5.41) is 5.54. The lowest BCUT2D eigenvalue weighted by Gasteiger charge is -2.12. The van der Waals surface area contributed by atoms with Crippen LogP contribution in [0.4, 0.5) is 4.79 Å². The van der Waals surface area contributed by atoms with Gasteiger partial charge in [0.1, 0.15) is 0 Å². The summed E-state index contributed by atoms with van der Waals surface area (Å²) in [4.78, 5) is 11.1. The third-order valence-electron chi connectivity index (χ3n) is 2.57. The summed E-state index contributed by atoms with van der Waals surface area (Å²) in [6.45, 7) is 5.46. The molecule has 2 N–H and O–H groups in total. The van der Waals surface area contributed by atoms with Crippen LogP contribution in [0.2, 0.25) is 0 Å². The van der Waals surface area contributed by atoms with Crippen LogP contribution in [0.5, 0.6) is 0 Å². The fraction of sp³-hybridized carbons (Fsp3) is 0.462. The van der Waals surface area contributed by atoms with Crippen LogP contribution in [0.25, 0.3) is 0 Å². The third-order valence-corrected chi connectivity index (χ3v) is 2.57. The first-order valence-electron chi connectivity index (χ1n) is 5.80. The van der Waals surface area contributed by atoms with E-state index in [1.165, 1.54) is 5.56 Å². The summed E-state index contributed by atoms with van der Waals surface area (Å²) in [6.07, 6.45) is 0.959. The number of amides is 2. The molecular formula is C13H20N2O. The maximum absolute atomic E-state index is 11.1. The maximum Gasteiger partial charge on any atom is 0.314 e. The van der Waals surface area contributed by atoms with E-state index in [-0.39, 0.29) is 6.03 Å². The second kappa shape index (κ2) is 6.88.